The number of amides is 1. The minimum Gasteiger partial charge on any atom is -0.396 e. The summed E-state index contributed by atoms with van der Waals surface area (Å²) in [6, 6.07) is 9.99. The first-order chi connectivity index (χ1) is 14.6. The molecule has 3 aromatic rings. The summed E-state index contributed by atoms with van der Waals surface area (Å²) in [6.07, 6.45) is 5.02. The Labute approximate surface area is 191 Å². The van der Waals surface area contributed by atoms with Gasteiger partial charge in [0.25, 0.3) is 5.91 Å². The first-order valence-corrected chi connectivity index (χ1v) is 11.3. The molecular formula is C22H27ClN6OS. The van der Waals surface area contributed by atoms with E-state index in [1.54, 1.807) is 6.20 Å². The van der Waals surface area contributed by atoms with Crippen molar-refractivity contribution in [2.24, 2.45) is 0 Å². The molecule has 4 N–H and O–H groups in total. The fourth-order valence-corrected chi connectivity index (χ4v) is 5.43. The lowest BCUT2D eigenvalue weighted by Crippen LogP contribution is -2.51. The van der Waals surface area contributed by atoms with Crippen molar-refractivity contribution in [2.75, 3.05) is 30.3 Å². The Morgan fingerprint density at radius 2 is 1.97 bits per heavy atom. The molecule has 0 saturated carbocycles. The Hall–Kier alpha value is -2.42. The number of halogens is 1. The lowest BCUT2D eigenvalue weighted by molar-refractivity contribution is 0.0959. The van der Waals surface area contributed by atoms with Gasteiger partial charge in [0, 0.05) is 43.6 Å². The van der Waals surface area contributed by atoms with Gasteiger partial charge in [0.2, 0.25) is 0 Å². The van der Waals surface area contributed by atoms with Gasteiger partial charge in [0.1, 0.15) is 15.2 Å². The molecule has 2 fully saturated rings. The van der Waals surface area contributed by atoms with Crippen LogP contribution in [0, 0.1) is 6.92 Å². The van der Waals surface area contributed by atoms with Crippen molar-refractivity contribution in [3.05, 3.63) is 46.6 Å². The fraction of sp³-hybridized carbons (Fsp3) is 0.409. The number of hydrogen-bond donors (Lipinski definition) is 3. The summed E-state index contributed by atoms with van der Waals surface area (Å²) in [5, 5.41) is 6.65. The molecule has 2 unspecified atom stereocenters. The second kappa shape index (κ2) is 8.98. The Morgan fingerprint density at radius 1 is 1.26 bits per heavy atom. The number of carbonyl (C=O) groups excluding carboxylic acids is 1. The molecule has 164 valence electrons. The molecule has 4 heterocycles. The largest absolute Gasteiger partial charge is 0.396 e. The summed E-state index contributed by atoms with van der Waals surface area (Å²) in [5.41, 5.74) is 10.4. The van der Waals surface area contributed by atoms with Crippen LogP contribution in [0.5, 0.6) is 0 Å². The molecule has 2 aliphatic heterocycles. The van der Waals surface area contributed by atoms with Crippen molar-refractivity contribution in [1.29, 1.82) is 0 Å². The van der Waals surface area contributed by atoms with E-state index in [0.717, 1.165) is 25.2 Å². The summed E-state index contributed by atoms with van der Waals surface area (Å²) in [7, 11) is 0. The van der Waals surface area contributed by atoms with Crippen molar-refractivity contribution in [3.8, 4) is 0 Å². The van der Waals surface area contributed by atoms with Crippen LogP contribution in [0.25, 0.3) is 10.3 Å². The number of piperazine rings is 1. The third-order valence-corrected chi connectivity index (χ3v) is 7.07. The fourth-order valence-electron chi connectivity index (χ4n) is 4.42. The van der Waals surface area contributed by atoms with Crippen LogP contribution in [0.4, 0.5) is 11.4 Å². The third-order valence-electron chi connectivity index (χ3n) is 5.98. The average Bonchev–Trinajstić information content (AvgIpc) is 3.26. The van der Waals surface area contributed by atoms with Gasteiger partial charge in [-0.2, -0.15) is 0 Å². The summed E-state index contributed by atoms with van der Waals surface area (Å²) < 4.78 is 0. The number of hydrogen-bond acceptors (Lipinski definition) is 7. The van der Waals surface area contributed by atoms with Crippen LogP contribution in [-0.4, -0.2) is 47.6 Å². The zero-order chi connectivity index (χ0) is 20.7. The molecule has 5 rings (SSSR count). The van der Waals surface area contributed by atoms with Crippen LogP contribution in [0.2, 0.25) is 0 Å². The third kappa shape index (κ3) is 4.46. The molecule has 2 aromatic heterocycles. The van der Waals surface area contributed by atoms with Gasteiger partial charge in [-0.3, -0.25) is 4.79 Å². The topological polar surface area (TPSA) is 96.2 Å². The first kappa shape index (κ1) is 21.8. The van der Waals surface area contributed by atoms with Crippen molar-refractivity contribution < 1.29 is 4.79 Å². The second-order valence-corrected chi connectivity index (χ2v) is 9.22. The van der Waals surface area contributed by atoms with Crippen LogP contribution in [0.1, 0.15) is 33.8 Å². The van der Waals surface area contributed by atoms with Gasteiger partial charge in [-0.25, -0.2) is 9.97 Å². The number of fused-ring (bicyclic) bond motifs is 3. The van der Waals surface area contributed by atoms with Gasteiger partial charge in [0.15, 0.2) is 0 Å². The highest BCUT2D eigenvalue weighted by atomic mass is 35.5. The molecule has 9 heteroatoms. The van der Waals surface area contributed by atoms with Crippen LogP contribution in [0.15, 0.2) is 30.5 Å². The van der Waals surface area contributed by atoms with E-state index >= 15 is 0 Å². The highest BCUT2D eigenvalue weighted by Gasteiger charge is 2.32. The number of aryl methyl sites for hydroxylation is 1. The Kier molecular flexibility index (Phi) is 6.31. The number of thiophene rings is 1. The van der Waals surface area contributed by atoms with E-state index in [2.05, 4.69) is 49.8 Å². The molecule has 2 atom stereocenters. The molecule has 7 nitrogen and oxygen atoms in total. The number of nitrogen functional groups attached to an aromatic ring is 1. The van der Waals surface area contributed by atoms with Crippen molar-refractivity contribution >= 4 is 51.4 Å². The van der Waals surface area contributed by atoms with E-state index in [0.29, 0.717) is 39.5 Å². The van der Waals surface area contributed by atoms with Gasteiger partial charge in [-0.1, -0.05) is 12.1 Å². The molecule has 0 spiro atoms. The zero-order valence-electron chi connectivity index (χ0n) is 17.4. The van der Waals surface area contributed by atoms with Crippen LogP contribution < -0.4 is 21.3 Å². The van der Waals surface area contributed by atoms with Gasteiger partial charge in [-0.05, 0) is 43.9 Å². The smallest absolute Gasteiger partial charge is 0.263 e. The number of nitrogens with two attached hydrogens (primary N) is 1. The maximum absolute atomic E-state index is 12.6. The Balaban J connectivity index is 0.00000231. The average molecular weight is 459 g/mol. The van der Waals surface area contributed by atoms with Crippen molar-refractivity contribution in [3.63, 3.8) is 0 Å². The van der Waals surface area contributed by atoms with Crippen LogP contribution in [0.3, 0.4) is 0 Å². The van der Waals surface area contributed by atoms with Crippen molar-refractivity contribution in [1.82, 2.24) is 20.6 Å². The number of nitrogens with zero attached hydrogens (tertiary/aromatic N) is 3. The first-order valence-electron chi connectivity index (χ1n) is 10.5. The predicted octanol–water partition coefficient (Wildman–Crippen LogP) is 2.92. The van der Waals surface area contributed by atoms with E-state index in [-0.39, 0.29) is 18.3 Å². The quantitative estimate of drug-likeness (QED) is 0.544. The summed E-state index contributed by atoms with van der Waals surface area (Å²) in [5.74, 6) is -0.164. The normalized spacial score (nSPS) is 20.0. The van der Waals surface area contributed by atoms with E-state index < -0.39 is 0 Å². The summed E-state index contributed by atoms with van der Waals surface area (Å²) >= 11 is 1.29. The highest BCUT2D eigenvalue weighted by Crippen LogP contribution is 2.30. The SMILES string of the molecule is Cc1cnc2c(N)c(C(=O)NCCc3ccc(N4CC5CCC(C4)N5)cc3)sc2n1.Cl. The standard InChI is InChI=1S/C22H26N6OS.ClH/c1-13-10-25-19-18(23)20(30-22(19)26-13)21(29)24-9-8-14-2-6-17(7-3-14)28-11-15-4-5-16(12-28)27-15;/h2-3,6-7,10,15-16,27H,4-5,8-9,11-12,23H2,1H3,(H,24,29);1H. The van der Waals surface area contributed by atoms with E-state index in [1.807, 2.05) is 6.92 Å². The number of rotatable bonds is 5. The van der Waals surface area contributed by atoms with Gasteiger partial charge >= 0.3 is 0 Å². The molecule has 31 heavy (non-hydrogen) atoms. The minimum absolute atomic E-state index is 0. The molecule has 2 bridgehead atoms. The Morgan fingerprint density at radius 3 is 2.68 bits per heavy atom. The number of anilines is 2. The van der Waals surface area contributed by atoms with Crippen molar-refractivity contribution in [2.45, 2.75) is 38.3 Å². The molecular weight excluding hydrogens is 432 g/mol. The number of carbonyl (C=O) groups is 1. The van der Waals surface area contributed by atoms with Gasteiger partial charge in [0.05, 0.1) is 11.4 Å². The maximum Gasteiger partial charge on any atom is 0.263 e. The number of aromatic nitrogens is 2. The van der Waals surface area contributed by atoms with Gasteiger partial charge < -0.3 is 21.3 Å². The molecule has 0 radical (unpaired) electrons. The molecule has 0 aliphatic carbocycles. The van der Waals surface area contributed by atoms with Crippen LogP contribution in [-0.2, 0) is 6.42 Å². The molecule has 1 aromatic carbocycles. The number of benzene rings is 1. The summed E-state index contributed by atoms with van der Waals surface area (Å²) in [4.78, 5) is 25.0. The molecule has 2 saturated heterocycles. The number of nitrogens with one attached hydrogen (secondary N) is 2. The van der Waals surface area contributed by atoms with Gasteiger partial charge in [-0.15, -0.1) is 23.7 Å². The summed E-state index contributed by atoms with van der Waals surface area (Å²) in [6.45, 7) is 4.61. The predicted molar refractivity (Wildman–Crippen MR) is 128 cm³/mol. The molecule has 2 aliphatic rings. The molecule has 1 amide bonds. The van der Waals surface area contributed by atoms with Crippen LogP contribution >= 0.6 is 23.7 Å². The van der Waals surface area contributed by atoms with E-state index in [4.69, 9.17) is 5.73 Å². The lowest BCUT2D eigenvalue weighted by atomic mass is 10.1. The zero-order valence-corrected chi connectivity index (χ0v) is 19.1. The maximum atomic E-state index is 12.6. The highest BCUT2D eigenvalue weighted by molar-refractivity contribution is 7.21. The second-order valence-electron chi connectivity index (χ2n) is 8.23. The van der Waals surface area contributed by atoms with E-state index in [1.165, 1.54) is 35.4 Å². The lowest BCUT2D eigenvalue weighted by Gasteiger charge is -2.34. The Bertz CT molecular complexity index is 1070. The minimum atomic E-state index is -0.164. The monoisotopic (exact) mass is 458 g/mol. The van der Waals surface area contributed by atoms with E-state index in [9.17, 15) is 4.79 Å².